The van der Waals surface area contributed by atoms with Crippen molar-refractivity contribution in [2.75, 3.05) is 0 Å². The van der Waals surface area contributed by atoms with Gasteiger partial charge < -0.3 is 5.11 Å². The number of aliphatic hydroxyl groups is 1. The summed E-state index contributed by atoms with van der Waals surface area (Å²) < 4.78 is 1.65. The summed E-state index contributed by atoms with van der Waals surface area (Å²) in [4.78, 5) is 17.1. The first-order valence-electron chi connectivity index (χ1n) is 7.23. The number of allylic oxidation sites excluding steroid dienone is 1. The standard InChI is InChI=1S/C18H14N2O2/c21-16(12-6-2-1-3-7-12)14-10-11-20-17(14)19-15-9-5-4-8-13(15)18(20)22/h1-9,21H,10-11H2/b16-14-. The number of para-hydroxylation sites is 1. The molecule has 0 unspecified atom stereocenters. The molecule has 0 fully saturated rings. The summed E-state index contributed by atoms with van der Waals surface area (Å²) in [7, 11) is 0. The fourth-order valence-electron chi connectivity index (χ4n) is 2.94. The van der Waals surface area contributed by atoms with Crippen molar-refractivity contribution < 1.29 is 5.11 Å². The molecule has 0 spiro atoms. The zero-order valence-corrected chi connectivity index (χ0v) is 11.9. The van der Waals surface area contributed by atoms with E-state index in [1.165, 1.54) is 0 Å². The topological polar surface area (TPSA) is 55.1 Å². The number of aromatic nitrogens is 2. The molecule has 1 aliphatic rings. The van der Waals surface area contributed by atoms with Gasteiger partial charge in [-0.1, -0.05) is 42.5 Å². The van der Waals surface area contributed by atoms with Gasteiger partial charge in [-0.05, 0) is 18.6 Å². The van der Waals surface area contributed by atoms with Crippen molar-refractivity contribution in [2.24, 2.45) is 0 Å². The fraction of sp³-hybridized carbons (Fsp3) is 0.111. The number of rotatable bonds is 1. The van der Waals surface area contributed by atoms with Crippen LogP contribution in [0.15, 0.2) is 59.4 Å². The first kappa shape index (κ1) is 12.8. The first-order chi connectivity index (χ1) is 10.8. The van der Waals surface area contributed by atoms with E-state index in [0.717, 1.165) is 11.1 Å². The van der Waals surface area contributed by atoms with Gasteiger partial charge in [0.2, 0.25) is 0 Å². The molecule has 0 amide bonds. The van der Waals surface area contributed by atoms with Gasteiger partial charge in [0.1, 0.15) is 11.6 Å². The van der Waals surface area contributed by atoms with Crippen LogP contribution in [0.3, 0.4) is 0 Å². The maximum atomic E-state index is 12.5. The van der Waals surface area contributed by atoms with Crippen LogP contribution in [0.1, 0.15) is 17.8 Å². The smallest absolute Gasteiger partial charge is 0.261 e. The Morgan fingerprint density at radius 2 is 1.77 bits per heavy atom. The van der Waals surface area contributed by atoms with Crippen molar-refractivity contribution in [1.82, 2.24) is 9.55 Å². The summed E-state index contributed by atoms with van der Waals surface area (Å²) in [5.41, 5.74) is 2.10. The van der Waals surface area contributed by atoms with E-state index in [1.807, 2.05) is 48.5 Å². The van der Waals surface area contributed by atoms with Crippen LogP contribution in [0.5, 0.6) is 0 Å². The summed E-state index contributed by atoms with van der Waals surface area (Å²) in [6.45, 7) is 0.554. The molecule has 4 rings (SSSR count). The number of aliphatic hydroxyl groups excluding tert-OH is 1. The number of hydrogen-bond acceptors (Lipinski definition) is 3. The van der Waals surface area contributed by atoms with Crippen molar-refractivity contribution in [1.29, 1.82) is 0 Å². The fourth-order valence-corrected chi connectivity index (χ4v) is 2.94. The molecule has 1 aliphatic heterocycles. The van der Waals surface area contributed by atoms with Gasteiger partial charge in [-0.2, -0.15) is 0 Å². The zero-order valence-electron chi connectivity index (χ0n) is 11.9. The Morgan fingerprint density at radius 3 is 2.59 bits per heavy atom. The van der Waals surface area contributed by atoms with Gasteiger partial charge >= 0.3 is 0 Å². The third-order valence-electron chi connectivity index (χ3n) is 4.05. The molecule has 22 heavy (non-hydrogen) atoms. The van der Waals surface area contributed by atoms with E-state index >= 15 is 0 Å². The van der Waals surface area contributed by atoms with Crippen LogP contribution >= 0.6 is 0 Å². The summed E-state index contributed by atoms with van der Waals surface area (Å²) in [5.74, 6) is 0.777. The lowest BCUT2D eigenvalue weighted by molar-refractivity contribution is 0.512. The van der Waals surface area contributed by atoms with Gasteiger partial charge in [-0.3, -0.25) is 9.36 Å². The SMILES string of the molecule is O=c1c2ccccc2nc2n1CC/C2=C(/O)c1ccccc1. The number of fused-ring (bicyclic) bond motifs is 2. The van der Waals surface area contributed by atoms with Crippen molar-refractivity contribution in [2.45, 2.75) is 13.0 Å². The minimum absolute atomic E-state index is 0.0449. The van der Waals surface area contributed by atoms with E-state index in [9.17, 15) is 9.90 Å². The number of benzene rings is 2. The maximum Gasteiger partial charge on any atom is 0.261 e. The molecule has 0 atom stereocenters. The Morgan fingerprint density at radius 1 is 1.05 bits per heavy atom. The second kappa shape index (κ2) is 4.84. The Kier molecular flexibility index (Phi) is 2.82. The summed E-state index contributed by atoms with van der Waals surface area (Å²) >= 11 is 0. The largest absolute Gasteiger partial charge is 0.507 e. The molecular formula is C18H14N2O2. The Labute approximate surface area is 127 Å². The summed E-state index contributed by atoms with van der Waals surface area (Å²) in [6.07, 6.45) is 0.610. The molecular weight excluding hydrogens is 276 g/mol. The molecule has 4 nitrogen and oxygen atoms in total. The van der Waals surface area contributed by atoms with Gasteiger partial charge in [0.25, 0.3) is 5.56 Å². The number of hydrogen-bond donors (Lipinski definition) is 1. The van der Waals surface area contributed by atoms with E-state index in [-0.39, 0.29) is 11.3 Å². The normalized spacial score (nSPS) is 15.8. The lowest BCUT2D eigenvalue weighted by Gasteiger charge is -2.07. The molecule has 108 valence electrons. The van der Waals surface area contributed by atoms with Gasteiger partial charge in [0.05, 0.1) is 10.9 Å². The maximum absolute atomic E-state index is 12.5. The van der Waals surface area contributed by atoms with Crippen molar-refractivity contribution in [3.8, 4) is 0 Å². The molecule has 0 bridgehead atoms. The van der Waals surface area contributed by atoms with Crippen molar-refractivity contribution in [3.63, 3.8) is 0 Å². The molecule has 4 heteroatoms. The minimum atomic E-state index is -0.0449. The highest BCUT2D eigenvalue weighted by Crippen LogP contribution is 2.31. The van der Waals surface area contributed by atoms with Crippen molar-refractivity contribution >= 4 is 22.2 Å². The third-order valence-corrected chi connectivity index (χ3v) is 4.05. The molecule has 3 aromatic rings. The average molecular weight is 290 g/mol. The van der Waals surface area contributed by atoms with Crippen LogP contribution in [0.25, 0.3) is 22.2 Å². The second-order valence-electron chi connectivity index (χ2n) is 5.35. The number of nitrogens with zero attached hydrogens (tertiary/aromatic N) is 2. The van der Waals surface area contributed by atoms with E-state index in [0.29, 0.717) is 29.7 Å². The lowest BCUT2D eigenvalue weighted by atomic mass is 10.1. The molecule has 0 aliphatic carbocycles. The Hall–Kier alpha value is -2.88. The molecule has 0 saturated carbocycles. The predicted molar refractivity (Wildman–Crippen MR) is 86.5 cm³/mol. The Bertz CT molecular complexity index is 956. The van der Waals surface area contributed by atoms with Gasteiger partial charge in [-0.25, -0.2) is 4.98 Å². The van der Waals surface area contributed by atoms with Crippen LogP contribution in [0.2, 0.25) is 0 Å². The van der Waals surface area contributed by atoms with E-state index in [4.69, 9.17) is 0 Å². The summed E-state index contributed by atoms with van der Waals surface area (Å²) in [5, 5.41) is 11.2. The second-order valence-corrected chi connectivity index (χ2v) is 5.35. The highest BCUT2D eigenvalue weighted by molar-refractivity contribution is 5.88. The van der Waals surface area contributed by atoms with Gasteiger partial charge in [0, 0.05) is 17.7 Å². The van der Waals surface area contributed by atoms with E-state index < -0.39 is 0 Å². The van der Waals surface area contributed by atoms with Gasteiger partial charge in [-0.15, -0.1) is 0 Å². The first-order valence-corrected chi connectivity index (χ1v) is 7.23. The van der Waals surface area contributed by atoms with E-state index in [1.54, 1.807) is 10.6 Å². The van der Waals surface area contributed by atoms with Crippen LogP contribution in [0.4, 0.5) is 0 Å². The highest BCUT2D eigenvalue weighted by atomic mass is 16.3. The monoisotopic (exact) mass is 290 g/mol. The molecule has 2 aromatic carbocycles. The van der Waals surface area contributed by atoms with Crippen LogP contribution in [-0.4, -0.2) is 14.7 Å². The molecule has 0 saturated heterocycles. The quantitative estimate of drug-likeness (QED) is 0.700. The molecule has 1 N–H and O–H groups in total. The molecule has 0 radical (unpaired) electrons. The van der Waals surface area contributed by atoms with Crippen molar-refractivity contribution in [3.05, 3.63) is 76.3 Å². The zero-order chi connectivity index (χ0) is 15.1. The predicted octanol–water partition coefficient (Wildman–Crippen LogP) is 3.23. The van der Waals surface area contributed by atoms with Crippen LogP contribution < -0.4 is 5.56 Å². The minimum Gasteiger partial charge on any atom is -0.507 e. The summed E-state index contributed by atoms with van der Waals surface area (Å²) in [6, 6.07) is 16.7. The third kappa shape index (κ3) is 1.84. The van der Waals surface area contributed by atoms with Crippen LogP contribution in [-0.2, 0) is 6.54 Å². The van der Waals surface area contributed by atoms with E-state index in [2.05, 4.69) is 4.98 Å². The van der Waals surface area contributed by atoms with Crippen LogP contribution in [0, 0.1) is 0 Å². The Balaban J connectivity index is 1.99. The lowest BCUT2D eigenvalue weighted by Crippen LogP contribution is -2.20. The molecule has 2 heterocycles. The highest BCUT2D eigenvalue weighted by Gasteiger charge is 2.24. The average Bonchev–Trinajstić information content (AvgIpc) is 2.99. The van der Waals surface area contributed by atoms with Gasteiger partial charge in [0.15, 0.2) is 0 Å². The molecule has 1 aromatic heterocycles.